The van der Waals surface area contributed by atoms with Crippen LogP contribution in [0.15, 0.2) is 35.3 Å². The molecule has 0 aliphatic carbocycles. The van der Waals surface area contributed by atoms with Crippen LogP contribution in [0.5, 0.6) is 0 Å². The Morgan fingerprint density at radius 2 is 1.92 bits per heavy atom. The van der Waals surface area contributed by atoms with Gasteiger partial charge in [0.25, 0.3) is 0 Å². The Morgan fingerprint density at radius 1 is 1.23 bits per heavy atom. The van der Waals surface area contributed by atoms with Crippen LogP contribution in [0.2, 0.25) is 0 Å². The molecule has 0 radical (unpaired) electrons. The minimum absolute atomic E-state index is 0.554. The summed E-state index contributed by atoms with van der Waals surface area (Å²) in [6, 6.07) is 6.87. The van der Waals surface area contributed by atoms with Crippen LogP contribution in [-0.2, 0) is 9.59 Å². The smallest absolute Gasteiger partial charge is 0.240 e. The van der Waals surface area contributed by atoms with Crippen molar-refractivity contribution in [2.45, 2.75) is 0 Å². The third kappa shape index (κ3) is 2.85. The van der Waals surface area contributed by atoms with Gasteiger partial charge in [0.15, 0.2) is 0 Å². The van der Waals surface area contributed by atoms with Crippen molar-refractivity contribution in [2.24, 2.45) is 4.99 Å². The molecule has 64 valence electrons. The number of aliphatic imine (C=N–C) groups is 1. The summed E-state index contributed by atoms with van der Waals surface area (Å²) >= 11 is 0. The van der Waals surface area contributed by atoms with E-state index < -0.39 is 0 Å². The molecule has 0 aliphatic heterocycles. The van der Waals surface area contributed by atoms with Crippen LogP contribution in [0.4, 0.5) is 5.69 Å². The van der Waals surface area contributed by atoms with Gasteiger partial charge in [-0.15, -0.1) is 0 Å². The molecule has 1 rings (SSSR count). The number of hydrogen-bond donors (Lipinski definition) is 0. The van der Waals surface area contributed by atoms with Gasteiger partial charge in [0.05, 0.1) is 5.69 Å². The van der Waals surface area contributed by atoms with Crippen molar-refractivity contribution in [3.8, 4) is 0 Å². The molecule has 0 fully saturated rings. The van der Waals surface area contributed by atoms with Crippen molar-refractivity contribution < 1.29 is 9.59 Å². The fourth-order valence-corrected chi connectivity index (χ4v) is 0.863. The van der Waals surface area contributed by atoms with E-state index in [0.717, 1.165) is 5.56 Å². The standard InChI is InChI=1S/C10H7NO2/c12-7-1-2-9-3-5-10(6-4-9)11-8-13/h1-7H. The molecule has 1 aromatic carbocycles. The van der Waals surface area contributed by atoms with E-state index >= 15 is 0 Å². The Morgan fingerprint density at radius 3 is 2.46 bits per heavy atom. The monoisotopic (exact) mass is 173 g/mol. The first-order valence-corrected chi connectivity index (χ1v) is 3.66. The highest BCUT2D eigenvalue weighted by molar-refractivity contribution is 5.74. The zero-order chi connectivity index (χ0) is 9.52. The van der Waals surface area contributed by atoms with Gasteiger partial charge in [0.2, 0.25) is 6.08 Å². The molecular weight excluding hydrogens is 166 g/mol. The van der Waals surface area contributed by atoms with Crippen molar-refractivity contribution in [2.75, 3.05) is 0 Å². The van der Waals surface area contributed by atoms with Gasteiger partial charge in [-0.25, -0.2) is 4.79 Å². The maximum Gasteiger partial charge on any atom is 0.240 e. The van der Waals surface area contributed by atoms with Crippen LogP contribution in [-0.4, -0.2) is 12.4 Å². The Kier molecular flexibility index (Phi) is 3.36. The van der Waals surface area contributed by atoms with E-state index in [-0.39, 0.29) is 0 Å². The molecule has 3 heteroatoms. The topological polar surface area (TPSA) is 46.5 Å². The molecule has 1 aromatic rings. The summed E-state index contributed by atoms with van der Waals surface area (Å²) in [6.45, 7) is 0. The first-order valence-electron chi connectivity index (χ1n) is 3.66. The maximum absolute atomic E-state index is 9.99. The average Bonchev–Trinajstić information content (AvgIpc) is 2.17. The number of carbonyl (C=O) groups excluding carboxylic acids is 2. The van der Waals surface area contributed by atoms with Gasteiger partial charge in [0, 0.05) is 0 Å². The Balaban J connectivity index is 2.86. The van der Waals surface area contributed by atoms with E-state index in [0.29, 0.717) is 12.0 Å². The third-order valence-electron chi connectivity index (χ3n) is 1.44. The van der Waals surface area contributed by atoms with Gasteiger partial charge in [-0.3, -0.25) is 4.79 Å². The van der Waals surface area contributed by atoms with Crippen LogP contribution in [0, 0.1) is 0 Å². The molecule has 0 bridgehead atoms. The first-order chi connectivity index (χ1) is 6.36. The second-order valence-corrected chi connectivity index (χ2v) is 2.29. The maximum atomic E-state index is 9.99. The number of hydrogen-bond acceptors (Lipinski definition) is 3. The van der Waals surface area contributed by atoms with Crippen LogP contribution < -0.4 is 0 Å². The lowest BCUT2D eigenvalue weighted by molar-refractivity contribution is -0.104. The lowest BCUT2D eigenvalue weighted by Crippen LogP contribution is -1.70. The van der Waals surface area contributed by atoms with E-state index in [4.69, 9.17) is 0 Å². The minimum Gasteiger partial charge on any atom is -0.299 e. The number of aldehydes is 1. The summed E-state index contributed by atoms with van der Waals surface area (Å²) in [6.07, 6.45) is 5.22. The first kappa shape index (κ1) is 9.10. The number of rotatable bonds is 3. The van der Waals surface area contributed by atoms with E-state index in [1.807, 2.05) is 0 Å². The molecule has 0 aromatic heterocycles. The van der Waals surface area contributed by atoms with Gasteiger partial charge in [-0.1, -0.05) is 18.2 Å². The highest BCUT2D eigenvalue weighted by atomic mass is 16.1. The molecule has 0 N–H and O–H groups in total. The van der Waals surface area contributed by atoms with Gasteiger partial charge in [0.1, 0.15) is 6.29 Å². The third-order valence-corrected chi connectivity index (χ3v) is 1.44. The number of allylic oxidation sites excluding steroid dienone is 1. The van der Waals surface area contributed by atoms with E-state index in [2.05, 4.69) is 4.99 Å². The highest BCUT2D eigenvalue weighted by Crippen LogP contribution is 2.12. The van der Waals surface area contributed by atoms with E-state index in [9.17, 15) is 9.59 Å². The van der Waals surface area contributed by atoms with E-state index in [1.54, 1.807) is 30.3 Å². The van der Waals surface area contributed by atoms with Gasteiger partial charge < -0.3 is 0 Å². The van der Waals surface area contributed by atoms with Crippen molar-refractivity contribution >= 4 is 24.1 Å². The van der Waals surface area contributed by atoms with Crippen molar-refractivity contribution in [3.05, 3.63) is 35.9 Å². The molecule has 3 nitrogen and oxygen atoms in total. The van der Waals surface area contributed by atoms with Crippen molar-refractivity contribution in [3.63, 3.8) is 0 Å². The average molecular weight is 173 g/mol. The van der Waals surface area contributed by atoms with Crippen LogP contribution >= 0.6 is 0 Å². The molecule has 0 saturated carbocycles. The summed E-state index contributed by atoms with van der Waals surface area (Å²) in [4.78, 5) is 23.3. The fourth-order valence-electron chi connectivity index (χ4n) is 0.863. The van der Waals surface area contributed by atoms with Gasteiger partial charge in [-0.2, -0.15) is 4.99 Å². The van der Waals surface area contributed by atoms with Gasteiger partial charge >= 0.3 is 0 Å². The number of isocyanates is 1. The zero-order valence-electron chi connectivity index (χ0n) is 6.81. The van der Waals surface area contributed by atoms with Gasteiger partial charge in [-0.05, 0) is 23.8 Å². The lowest BCUT2D eigenvalue weighted by atomic mass is 10.2. The van der Waals surface area contributed by atoms with Crippen molar-refractivity contribution in [1.29, 1.82) is 0 Å². The molecule has 0 aliphatic rings. The Labute approximate surface area is 75.4 Å². The number of carbonyl (C=O) groups is 1. The molecule has 13 heavy (non-hydrogen) atoms. The summed E-state index contributed by atoms with van der Waals surface area (Å²) in [5, 5.41) is 0. The van der Waals surface area contributed by atoms with Crippen LogP contribution in [0.1, 0.15) is 5.56 Å². The van der Waals surface area contributed by atoms with Crippen molar-refractivity contribution in [1.82, 2.24) is 0 Å². The minimum atomic E-state index is 0.554. The fraction of sp³-hybridized carbons (Fsp3) is 0. The molecule has 0 unspecified atom stereocenters. The molecule has 0 atom stereocenters. The summed E-state index contributed by atoms with van der Waals surface area (Å²) < 4.78 is 0. The largest absolute Gasteiger partial charge is 0.299 e. The lowest BCUT2D eigenvalue weighted by Gasteiger charge is -1.91. The summed E-state index contributed by atoms with van der Waals surface area (Å²) in [5.41, 5.74) is 1.44. The molecule has 0 amide bonds. The van der Waals surface area contributed by atoms with Crippen LogP contribution in [0.3, 0.4) is 0 Å². The SMILES string of the molecule is O=C=Nc1ccc(C=CC=O)cc1. The summed E-state index contributed by atoms with van der Waals surface area (Å²) in [7, 11) is 0. The Bertz CT molecular complexity index is 359. The quantitative estimate of drug-likeness (QED) is 0.303. The van der Waals surface area contributed by atoms with E-state index in [1.165, 1.54) is 12.2 Å². The predicted molar refractivity (Wildman–Crippen MR) is 49.3 cm³/mol. The second kappa shape index (κ2) is 4.80. The number of nitrogens with zero attached hydrogens (tertiary/aromatic N) is 1. The normalized spacial score (nSPS) is 9.54. The number of benzene rings is 1. The van der Waals surface area contributed by atoms with Crippen LogP contribution in [0.25, 0.3) is 6.08 Å². The predicted octanol–water partition coefficient (Wildman–Crippen LogP) is 1.87. The zero-order valence-corrected chi connectivity index (χ0v) is 6.81. The second-order valence-electron chi connectivity index (χ2n) is 2.29. The highest BCUT2D eigenvalue weighted by Gasteiger charge is 1.88. The summed E-state index contributed by atoms with van der Waals surface area (Å²) in [5.74, 6) is 0. The molecular formula is C10H7NO2. The molecule has 0 saturated heterocycles. The Hall–Kier alpha value is -1.99. The molecule has 0 spiro atoms. The molecule has 0 heterocycles.